The van der Waals surface area contributed by atoms with Gasteiger partial charge in [-0.2, -0.15) is 10.2 Å². The molecule has 0 N–H and O–H groups in total. The number of fused-ring (bicyclic) bond motifs is 1. The Balaban J connectivity index is 2.77. The van der Waals surface area contributed by atoms with Crippen LogP contribution in [0.3, 0.4) is 0 Å². The molecule has 0 atom stereocenters. The maximum absolute atomic E-state index is 5.86. The first kappa shape index (κ1) is 9.97. The van der Waals surface area contributed by atoms with E-state index in [1.165, 1.54) is 0 Å². The fourth-order valence-electron chi connectivity index (χ4n) is 1.22. The molecule has 0 aliphatic heterocycles. The highest BCUT2D eigenvalue weighted by Gasteiger charge is 2.09. The van der Waals surface area contributed by atoms with E-state index in [0.29, 0.717) is 5.02 Å². The van der Waals surface area contributed by atoms with Crippen LogP contribution < -0.4 is 0 Å². The molecule has 0 fully saturated rings. The highest BCUT2D eigenvalue weighted by Crippen LogP contribution is 2.30. The maximum Gasteiger partial charge on any atom is 0.135 e. The predicted octanol–water partition coefficient (Wildman–Crippen LogP) is 3.76. The summed E-state index contributed by atoms with van der Waals surface area (Å²) in [4.78, 5) is -0.619. The van der Waals surface area contributed by atoms with Crippen molar-refractivity contribution in [1.29, 1.82) is 0 Å². The molecule has 0 radical (unpaired) electrons. The van der Waals surface area contributed by atoms with Crippen LogP contribution in [0.1, 0.15) is 10.4 Å². The second-order valence-electron chi connectivity index (χ2n) is 2.76. The summed E-state index contributed by atoms with van der Waals surface area (Å²) in [7, 11) is 0. The van der Waals surface area contributed by atoms with E-state index in [9.17, 15) is 0 Å². The molecule has 0 saturated carbocycles. The topological polar surface area (TPSA) is 25.8 Å². The molecular formula is C9H5Cl3N2. The van der Waals surface area contributed by atoms with Gasteiger partial charge in [0.05, 0.1) is 11.7 Å². The van der Waals surface area contributed by atoms with Crippen LogP contribution in [0.5, 0.6) is 0 Å². The fraction of sp³-hybridized carbons (Fsp3) is 0.111. The average Bonchev–Trinajstić information content (AvgIpc) is 2.16. The molecule has 5 heteroatoms. The van der Waals surface area contributed by atoms with Crippen molar-refractivity contribution < 1.29 is 0 Å². The summed E-state index contributed by atoms with van der Waals surface area (Å²) in [6.07, 6.45) is 1.54. The molecule has 0 saturated heterocycles. The van der Waals surface area contributed by atoms with Crippen molar-refractivity contribution in [2.75, 3.05) is 0 Å². The standard InChI is InChI=1S/C9H5Cl3N2/c10-5-1-2-8-6(3-5)7(9(11)12)4-13-14-8/h1-4,9H. The number of alkyl halides is 2. The smallest absolute Gasteiger partial charge is 0.135 e. The first-order valence-electron chi connectivity index (χ1n) is 3.87. The van der Waals surface area contributed by atoms with E-state index in [2.05, 4.69) is 10.2 Å². The van der Waals surface area contributed by atoms with Crippen LogP contribution in [-0.2, 0) is 0 Å². The Morgan fingerprint density at radius 3 is 2.71 bits per heavy atom. The third-order valence-corrected chi connectivity index (χ3v) is 2.57. The first-order valence-corrected chi connectivity index (χ1v) is 5.12. The summed E-state index contributed by atoms with van der Waals surface area (Å²) < 4.78 is 0. The normalized spacial score (nSPS) is 11.1. The zero-order valence-electron chi connectivity index (χ0n) is 6.92. The van der Waals surface area contributed by atoms with Gasteiger partial charge in [-0.25, -0.2) is 0 Å². The van der Waals surface area contributed by atoms with Crippen molar-refractivity contribution in [3.05, 3.63) is 35.0 Å². The summed E-state index contributed by atoms with van der Waals surface area (Å²) in [5.41, 5.74) is 1.46. The van der Waals surface area contributed by atoms with Crippen molar-refractivity contribution in [1.82, 2.24) is 10.2 Å². The molecule has 72 valence electrons. The minimum atomic E-state index is -0.619. The zero-order chi connectivity index (χ0) is 10.1. The Labute approximate surface area is 95.8 Å². The van der Waals surface area contributed by atoms with E-state index in [-0.39, 0.29) is 0 Å². The fourth-order valence-corrected chi connectivity index (χ4v) is 1.74. The Bertz CT molecular complexity index is 471. The lowest BCUT2D eigenvalue weighted by molar-refractivity contribution is 1.05. The van der Waals surface area contributed by atoms with Crippen molar-refractivity contribution in [3.63, 3.8) is 0 Å². The van der Waals surface area contributed by atoms with Gasteiger partial charge in [0.2, 0.25) is 0 Å². The Hall–Kier alpha value is -0.570. The van der Waals surface area contributed by atoms with Crippen LogP contribution in [0.15, 0.2) is 24.4 Å². The van der Waals surface area contributed by atoms with Crippen molar-refractivity contribution in [2.45, 2.75) is 4.84 Å². The average molecular weight is 248 g/mol. The van der Waals surface area contributed by atoms with Gasteiger partial charge in [0, 0.05) is 16.0 Å². The van der Waals surface area contributed by atoms with Crippen LogP contribution in [0, 0.1) is 0 Å². The van der Waals surface area contributed by atoms with Crippen molar-refractivity contribution in [3.8, 4) is 0 Å². The van der Waals surface area contributed by atoms with Gasteiger partial charge in [-0.15, -0.1) is 0 Å². The zero-order valence-corrected chi connectivity index (χ0v) is 9.18. The third kappa shape index (κ3) is 1.78. The lowest BCUT2D eigenvalue weighted by atomic mass is 10.1. The number of rotatable bonds is 1. The summed E-state index contributed by atoms with van der Waals surface area (Å²) in [5.74, 6) is 0. The van der Waals surface area contributed by atoms with Crippen LogP contribution in [-0.4, -0.2) is 10.2 Å². The molecular weight excluding hydrogens is 242 g/mol. The largest absolute Gasteiger partial charge is 0.158 e. The minimum absolute atomic E-state index is 0.619. The molecule has 0 spiro atoms. The van der Waals surface area contributed by atoms with Gasteiger partial charge in [0.1, 0.15) is 4.84 Å². The number of hydrogen-bond donors (Lipinski definition) is 0. The lowest BCUT2D eigenvalue weighted by Crippen LogP contribution is -1.90. The molecule has 2 rings (SSSR count). The second-order valence-corrected chi connectivity index (χ2v) is 4.29. The molecule has 1 aromatic heterocycles. The Kier molecular flexibility index (Phi) is 2.77. The van der Waals surface area contributed by atoms with E-state index >= 15 is 0 Å². The quantitative estimate of drug-likeness (QED) is 0.717. The molecule has 14 heavy (non-hydrogen) atoms. The maximum atomic E-state index is 5.86. The molecule has 1 heterocycles. The number of aromatic nitrogens is 2. The summed E-state index contributed by atoms with van der Waals surface area (Å²) in [5, 5.41) is 9.20. The monoisotopic (exact) mass is 246 g/mol. The number of hydrogen-bond acceptors (Lipinski definition) is 2. The third-order valence-electron chi connectivity index (χ3n) is 1.87. The van der Waals surface area contributed by atoms with Gasteiger partial charge >= 0.3 is 0 Å². The van der Waals surface area contributed by atoms with Crippen molar-refractivity contribution in [2.24, 2.45) is 0 Å². The van der Waals surface area contributed by atoms with E-state index in [1.54, 1.807) is 24.4 Å². The van der Waals surface area contributed by atoms with E-state index < -0.39 is 4.84 Å². The van der Waals surface area contributed by atoms with Gasteiger partial charge in [-0.3, -0.25) is 0 Å². The highest BCUT2D eigenvalue weighted by molar-refractivity contribution is 6.44. The van der Waals surface area contributed by atoms with Gasteiger partial charge in [0.15, 0.2) is 0 Å². The number of halogens is 3. The van der Waals surface area contributed by atoms with Gasteiger partial charge in [-0.1, -0.05) is 34.8 Å². The Morgan fingerprint density at radius 2 is 2.00 bits per heavy atom. The van der Waals surface area contributed by atoms with Crippen molar-refractivity contribution >= 4 is 45.7 Å². The van der Waals surface area contributed by atoms with Crippen LogP contribution in [0.25, 0.3) is 10.9 Å². The van der Waals surface area contributed by atoms with Gasteiger partial charge in [0.25, 0.3) is 0 Å². The highest BCUT2D eigenvalue weighted by atomic mass is 35.5. The number of benzene rings is 1. The molecule has 2 aromatic rings. The Morgan fingerprint density at radius 1 is 1.21 bits per heavy atom. The number of nitrogens with zero attached hydrogens (tertiary/aromatic N) is 2. The van der Waals surface area contributed by atoms with Crippen LogP contribution in [0.2, 0.25) is 5.02 Å². The van der Waals surface area contributed by atoms with Crippen LogP contribution >= 0.6 is 34.8 Å². The van der Waals surface area contributed by atoms with E-state index in [1.807, 2.05) is 0 Å². The lowest BCUT2D eigenvalue weighted by Gasteiger charge is -2.05. The molecule has 0 unspecified atom stereocenters. The molecule has 0 aliphatic rings. The predicted molar refractivity (Wildman–Crippen MR) is 59.0 cm³/mol. The molecule has 0 aliphatic carbocycles. The second kappa shape index (κ2) is 3.89. The molecule has 1 aromatic carbocycles. The summed E-state index contributed by atoms with van der Waals surface area (Å²) in [6, 6.07) is 5.31. The summed E-state index contributed by atoms with van der Waals surface area (Å²) in [6.45, 7) is 0. The molecule has 0 amide bonds. The summed E-state index contributed by atoms with van der Waals surface area (Å²) >= 11 is 17.4. The van der Waals surface area contributed by atoms with E-state index in [0.717, 1.165) is 16.5 Å². The van der Waals surface area contributed by atoms with Gasteiger partial charge in [-0.05, 0) is 18.2 Å². The van der Waals surface area contributed by atoms with Crippen LogP contribution in [0.4, 0.5) is 0 Å². The van der Waals surface area contributed by atoms with E-state index in [4.69, 9.17) is 34.8 Å². The minimum Gasteiger partial charge on any atom is -0.158 e. The SMILES string of the molecule is Clc1ccc2nncc(C(Cl)Cl)c2c1. The molecule has 2 nitrogen and oxygen atoms in total. The van der Waals surface area contributed by atoms with Gasteiger partial charge < -0.3 is 0 Å². The first-order chi connectivity index (χ1) is 6.68. The molecule has 0 bridgehead atoms.